The molecule has 0 spiro atoms. The summed E-state index contributed by atoms with van der Waals surface area (Å²) >= 11 is 0. The van der Waals surface area contributed by atoms with Crippen LogP contribution in [0.1, 0.15) is 58.9 Å². The van der Waals surface area contributed by atoms with Gasteiger partial charge in [-0.15, -0.1) is 17.5 Å². The van der Waals surface area contributed by atoms with Crippen LogP contribution in [0.25, 0.3) is 49.3 Å². The largest absolute Gasteiger partial charge is 0.512 e. The Kier molecular flexibility index (Phi) is 10.1. The number of nitrogens with zero attached hydrogens (tertiary/aromatic N) is 3. The van der Waals surface area contributed by atoms with Gasteiger partial charge >= 0.3 is 0 Å². The summed E-state index contributed by atoms with van der Waals surface area (Å²) in [7, 11) is 0. The number of para-hydroxylation sites is 1. The summed E-state index contributed by atoms with van der Waals surface area (Å²) in [5.74, 6) is 0.547. The summed E-state index contributed by atoms with van der Waals surface area (Å²) in [6, 6.07) is 24.6. The summed E-state index contributed by atoms with van der Waals surface area (Å²) in [5.41, 5.74) is 6.35. The second kappa shape index (κ2) is 13.6. The van der Waals surface area contributed by atoms with E-state index in [1.807, 2.05) is 40.0 Å². The number of pyridine rings is 2. The van der Waals surface area contributed by atoms with E-state index in [0.717, 1.165) is 69.6 Å². The average molecular weight is 737 g/mol. The van der Waals surface area contributed by atoms with Gasteiger partial charge < -0.3 is 9.51 Å². The van der Waals surface area contributed by atoms with E-state index >= 15 is 0 Å². The van der Waals surface area contributed by atoms with E-state index in [9.17, 15) is 9.90 Å². The maximum atomic E-state index is 11.7. The summed E-state index contributed by atoms with van der Waals surface area (Å²) in [6.07, 6.45) is 6.75. The van der Waals surface area contributed by atoms with Crippen molar-refractivity contribution in [1.29, 1.82) is 0 Å². The maximum Gasteiger partial charge on any atom is 0.162 e. The molecule has 0 saturated carbocycles. The van der Waals surface area contributed by atoms with Gasteiger partial charge in [0.1, 0.15) is 5.65 Å². The molecule has 1 N–H and O–H groups in total. The van der Waals surface area contributed by atoms with Gasteiger partial charge in [-0.25, -0.2) is 4.98 Å². The first kappa shape index (κ1) is 31.3. The Labute approximate surface area is 261 Å². The predicted octanol–water partition coefficient (Wildman–Crippen LogP) is 9.32. The number of carbonyl (C=O) groups is 1. The molecule has 0 aliphatic carbocycles. The number of imidazole rings is 1. The van der Waals surface area contributed by atoms with Gasteiger partial charge in [-0.1, -0.05) is 80.9 Å². The number of aromatic nitrogens is 3. The van der Waals surface area contributed by atoms with Crippen molar-refractivity contribution in [2.75, 3.05) is 0 Å². The zero-order chi connectivity index (χ0) is 29.1. The molecule has 0 amide bonds. The number of aryl methyl sites for hydroxylation is 1. The predicted molar refractivity (Wildman–Crippen MR) is 170 cm³/mol. The van der Waals surface area contributed by atoms with Crippen LogP contribution >= 0.6 is 0 Å². The number of allylic oxidation sites excluding steroid dienone is 2. The first-order valence-electron chi connectivity index (χ1n) is 14.7. The van der Waals surface area contributed by atoms with Crippen molar-refractivity contribution < 1.29 is 30.0 Å². The van der Waals surface area contributed by atoms with Crippen LogP contribution in [0, 0.1) is 24.8 Å². The molecule has 0 unspecified atom stereocenters. The van der Waals surface area contributed by atoms with E-state index in [0.29, 0.717) is 0 Å². The Hall–Kier alpha value is -3.60. The molecule has 0 atom stereocenters. The second-order valence-electron chi connectivity index (χ2n) is 10.7. The molecule has 42 heavy (non-hydrogen) atoms. The Morgan fingerprint density at radius 3 is 2.33 bits per heavy atom. The van der Waals surface area contributed by atoms with E-state index in [-0.39, 0.29) is 43.5 Å². The smallest absolute Gasteiger partial charge is 0.162 e. The van der Waals surface area contributed by atoms with Crippen molar-refractivity contribution in [3.05, 3.63) is 90.3 Å². The molecular weight excluding hydrogens is 699 g/mol. The molecule has 6 rings (SSSR count). The molecule has 0 aliphatic heterocycles. The molecule has 0 saturated heterocycles. The standard InChI is InChI=1S/C23H14N3.C13H24O2.Ir/c1-14-6-4-10-19-21(14)25-23-17-9-5-11-24-22(17)18-12-15-7-2-3-8-16(15)13-20(18)26(19)23;1-5-10(6-2)12(14)9-13(15)11(7-3)8-4;/h2-11,13H,1H3;9-11,14H,5-8H2,1-4H3;/q-1;;/b;12-9-;. The van der Waals surface area contributed by atoms with Crippen LogP contribution in [-0.2, 0) is 24.9 Å². The van der Waals surface area contributed by atoms with Gasteiger partial charge in [0.2, 0.25) is 0 Å². The molecular formula is C36H38IrN3O2-. The van der Waals surface area contributed by atoms with Gasteiger partial charge in [0.05, 0.1) is 16.8 Å². The van der Waals surface area contributed by atoms with E-state index in [1.54, 1.807) is 0 Å². The molecule has 3 aromatic heterocycles. The van der Waals surface area contributed by atoms with Crippen LogP contribution < -0.4 is 0 Å². The zero-order valence-electron chi connectivity index (χ0n) is 24.9. The molecule has 6 aromatic rings. The number of fused-ring (bicyclic) bond motifs is 9. The van der Waals surface area contributed by atoms with E-state index in [2.05, 4.69) is 77.0 Å². The number of hydrogen-bond donors (Lipinski definition) is 1. The number of hydrogen-bond acceptors (Lipinski definition) is 4. The molecule has 1 radical (unpaired) electrons. The van der Waals surface area contributed by atoms with Gasteiger partial charge in [0, 0.05) is 55.1 Å². The number of aliphatic hydroxyl groups is 1. The Bertz CT molecular complexity index is 1900. The third-order valence-electron chi connectivity index (χ3n) is 8.26. The molecule has 0 aliphatic rings. The minimum absolute atomic E-state index is 0. The SMILES string of the molecule is CCC(CC)C(=O)/C=C(\O)C(CC)CC.Cc1cccc2c1nc1c3cccnc3c3[c-]c4ccccc4cc3n21.[Ir]. The number of aliphatic hydroxyl groups excluding tert-OH is 1. The van der Waals surface area contributed by atoms with Crippen LogP contribution in [0.5, 0.6) is 0 Å². The van der Waals surface area contributed by atoms with Crippen molar-refractivity contribution in [3.63, 3.8) is 0 Å². The number of carbonyl (C=O) groups excluding carboxylic acids is 1. The van der Waals surface area contributed by atoms with E-state index in [1.165, 1.54) is 17.0 Å². The third-order valence-corrected chi connectivity index (χ3v) is 8.26. The van der Waals surface area contributed by atoms with Crippen LogP contribution in [0.2, 0.25) is 0 Å². The van der Waals surface area contributed by atoms with Gasteiger partial charge in [-0.3, -0.25) is 9.78 Å². The van der Waals surface area contributed by atoms with Gasteiger partial charge in [-0.05, 0) is 55.8 Å². The van der Waals surface area contributed by atoms with Crippen molar-refractivity contribution in [1.82, 2.24) is 14.4 Å². The fourth-order valence-corrected chi connectivity index (χ4v) is 5.74. The minimum Gasteiger partial charge on any atom is -0.512 e. The Morgan fingerprint density at radius 2 is 1.62 bits per heavy atom. The molecule has 5 nitrogen and oxygen atoms in total. The fraction of sp³-hybridized carbons (Fsp3) is 0.306. The first-order valence-corrected chi connectivity index (χ1v) is 14.7. The van der Waals surface area contributed by atoms with Crippen molar-refractivity contribution in [2.24, 2.45) is 11.8 Å². The normalized spacial score (nSPS) is 11.9. The van der Waals surface area contributed by atoms with Crippen molar-refractivity contribution >= 4 is 55.0 Å². The van der Waals surface area contributed by atoms with Gasteiger partial charge in [0.25, 0.3) is 0 Å². The number of ketones is 1. The topological polar surface area (TPSA) is 67.5 Å². The van der Waals surface area contributed by atoms with Crippen LogP contribution in [-0.4, -0.2) is 25.3 Å². The molecule has 3 aromatic carbocycles. The summed E-state index contributed by atoms with van der Waals surface area (Å²) in [6.45, 7) is 10.2. The van der Waals surface area contributed by atoms with Crippen LogP contribution in [0.3, 0.4) is 0 Å². The van der Waals surface area contributed by atoms with E-state index in [4.69, 9.17) is 4.98 Å². The first-order chi connectivity index (χ1) is 19.9. The molecule has 0 fully saturated rings. The Balaban J connectivity index is 0.000000221. The molecule has 6 heteroatoms. The fourth-order valence-electron chi connectivity index (χ4n) is 5.74. The summed E-state index contributed by atoms with van der Waals surface area (Å²) in [4.78, 5) is 21.4. The summed E-state index contributed by atoms with van der Waals surface area (Å²) in [5, 5.41) is 14.1. The zero-order valence-corrected chi connectivity index (χ0v) is 27.3. The van der Waals surface area contributed by atoms with Gasteiger partial charge in [0.15, 0.2) is 5.78 Å². The average Bonchev–Trinajstić information content (AvgIpc) is 3.39. The Morgan fingerprint density at radius 1 is 0.905 bits per heavy atom. The van der Waals surface area contributed by atoms with Gasteiger partial charge in [-0.2, -0.15) is 0 Å². The van der Waals surface area contributed by atoms with Crippen molar-refractivity contribution in [2.45, 2.75) is 60.3 Å². The monoisotopic (exact) mass is 737 g/mol. The number of rotatable bonds is 7. The van der Waals surface area contributed by atoms with E-state index < -0.39 is 0 Å². The summed E-state index contributed by atoms with van der Waals surface area (Å²) < 4.78 is 2.25. The maximum absolute atomic E-state index is 11.7. The molecule has 0 bridgehead atoms. The number of benzene rings is 3. The minimum atomic E-state index is 0. The third kappa shape index (κ3) is 5.84. The molecule has 3 heterocycles. The quantitative estimate of drug-likeness (QED) is 0.0584. The second-order valence-corrected chi connectivity index (χ2v) is 10.7. The van der Waals surface area contributed by atoms with Crippen LogP contribution in [0.15, 0.2) is 78.7 Å². The van der Waals surface area contributed by atoms with Crippen molar-refractivity contribution in [3.8, 4) is 0 Å². The van der Waals surface area contributed by atoms with Crippen LogP contribution in [0.4, 0.5) is 0 Å². The molecule has 219 valence electrons.